The van der Waals surface area contributed by atoms with Crippen LogP contribution in [0, 0.1) is 5.92 Å². The van der Waals surface area contributed by atoms with Crippen molar-refractivity contribution in [1.29, 1.82) is 0 Å². The Hall–Kier alpha value is -0.630. The normalized spacial score (nSPS) is 33.8. The van der Waals surface area contributed by atoms with Gasteiger partial charge in [-0.2, -0.15) is 0 Å². The zero-order valence-corrected chi connectivity index (χ0v) is 6.48. The number of hydrogen-bond acceptors (Lipinski definition) is 2. The van der Waals surface area contributed by atoms with Crippen molar-refractivity contribution in [2.24, 2.45) is 5.92 Å². The van der Waals surface area contributed by atoms with Gasteiger partial charge in [0.05, 0.1) is 5.54 Å². The Morgan fingerprint density at radius 1 is 1.82 bits per heavy atom. The van der Waals surface area contributed by atoms with Crippen LogP contribution in [0.5, 0.6) is 0 Å². The number of ketones is 1. The molecule has 1 N–H and O–H groups in total. The lowest BCUT2D eigenvalue weighted by Gasteiger charge is -2.09. The summed E-state index contributed by atoms with van der Waals surface area (Å²) in [6, 6.07) is 0. The average Bonchev–Trinajstić information content (AvgIpc) is 2.62. The Bertz CT molecular complexity index is 176. The first-order chi connectivity index (χ1) is 4.67. The van der Waals surface area contributed by atoms with E-state index in [-0.39, 0.29) is 18.7 Å². The topological polar surface area (TPSA) is 29.1 Å². The van der Waals surface area contributed by atoms with Crippen molar-refractivity contribution in [2.75, 3.05) is 7.05 Å². The molecular weight excluding hydrogens is 138 g/mol. The van der Waals surface area contributed by atoms with Crippen LogP contribution in [0.15, 0.2) is 12.7 Å². The molecule has 0 amide bonds. The second kappa shape index (κ2) is 3.18. The molecule has 0 aromatic rings. The van der Waals surface area contributed by atoms with Crippen molar-refractivity contribution >= 4 is 5.78 Å². The maximum absolute atomic E-state index is 11.0. The molecule has 2 heteroatoms. The SMILES string of the molecule is C.C=C[C@@H]1C[C@]1(NC)C(C)=O. The van der Waals surface area contributed by atoms with Crippen molar-refractivity contribution in [2.45, 2.75) is 26.3 Å². The van der Waals surface area contributed by atoms with Gasteiger partial charge in [-0.1, -0.05) is 13.5 Å². The predicted molar refractivity (Wildman–Crippen MR) is 47.5 cm³/mol. The fraction of sp³-hybridized carbons (Fsp3) is 0.667. The zero-order chi connectivity index (χ0) is 7.78. The molecule has 11 heavy (non-hydrogen) atoms. The Morgan fingerprint density at radius 2 is 2.36 bits per heavy atom. The average molecular weight is 155 g/mol. The Labute approximate surface area is 68.7 Å². The van der Waals surface area contributed by atoms with Gasteiger partial charge in [-0.05, 0) is 20.4 Å². The van der Waals surface area contributed by atoms with E-state index in [1.807, 2.05) is 13.1 Å². The van der Waals surface area contributed by atoms with Crippen molar-refractivity contribution in [3.05, 3.63) is 12.7 Å². The molecule has 0 aliphatic heterocycles. The molecule has 0 saturated heterocycles. The van der Waals surface area contributed by atoms with Crippen LogP contribution in [0.25, 0.3) is 0 Å². The second-order valence-electron chi connectivity index (χ2n) is 2.82. The fourth-order valence-corrected chi connectivity index (χ4v) is 1.44. The van der Waals surface area contributed by atoms with Gasteiger partial charge in [-0.3, -0.25) is 4.79 Å². The Morgan fingerprint density at radius 3 is 2.45 bits per heavy atom. The highest BCUT2D eigenvalue weighted by molar-refractivity contribution is 5.90. The van der Waals surface area contributed by atoms with Gasteiger partial charge < -0.3 is 5.32 Å². The molecule has 1 aliphatic carbocycles. The molecule has 1 rings (SSSR count). The van der Waals surface area contributed by atoms with Crippen molar-refractivity contribution in [1.82, 2.24) is 5.32 Å². The molecule has 0 radical (unpaired) electrons. The van der Waals surface area contributed by atoms with E-state index in [2.05, 4.69) is 11.9 Å². The van der Waals surface area contributed by atoms with E-state index in [4.69, 9.17) is 0 Å². The van der Waals surface area contributed by atoms with E-state index in [1.54, 1.807) is 6.92 Å². The first kappa shape index (κ1) is 10.4. The maximum atomic E-state index is 11.0. The van der Waals surface area contributed by atoms with Gasteiger partial charge in [-0.25, -0.2) is 0 Å². The quantitative estimate of drug-likeness (QED) is 0.624. The summed E-state index contributed by atoms with van der Waals surface area (Å²) >= 11 is 0. The van der Waals surface area contributed by atoms with E-state index in [0.29, 0.717) is 5.92 Å². The van der Waals surface area contributed by atoms with Gasteiger partial charge in [0, 0.05) is 5.92 Å². The number of carbonyl (C=O) groups excluding carboxylic acids is 1. The number of Topliss-reactive ketones (excluding diaryl/α,β-unsaturated/α-hetero) is 1. The molecule has 0 spiro atoms. The molecule has 0 aromatic heterocycles. The van der Waals surface area contributed by atoms with Crippen LogP contribution in [0.3, 0.4) is 0 Å². The summed E-state index contributed by atoms with van der Waals surface area (Å²) in [7, 11) is 1.82. The van der Waals surface area contributed by atoms with Crippen molar-refractivity contribution in [3.8, 4) is 0 Å². The number of likely N-dealkylation sites (N-methyl/N-ethyl adjacent to an activating group) is 1. The van der Waals surface area contributed by atoms with Crippen LogP contribution in [0.2, 0.25) is 0 Å². The molecule has 0 bridgehead atoms. The minimum Gasteiger partial charge on any atom is -0.308 e. The lowest BCUT2D eigenvalue weighted by molar-refractivity contribution is -0.120. The molecule has 0 heterocycles. The smallest absolute Gasteiger partial charge is 0.150 e. The lowest BCUT2D eigenvalue weighted by Crippen LogP contribution is -2.36. The van der Waals surface area contributed by atoms with Crippen molar-refractivity contribution < 1.29 is 4.79 Å². The third-order valence-electron chi connectivity index (χ3n) is 2.37. The van der Waals surface area contributed by atoms with E-state index in [9.17, 15) is 4.79 Å². The van der Waals surface area contributed by atoms with Crippen LogP contribution in [-0.2, 0) is 4.79 Å². The minimum atomic E-state index is -0.248. The number of nitrogens with one attached hydrogen (secondary N) is 1. The summed E-state index contributed by atoms with van der Waals surface area (Å²) in [5.74, 6) is 0.579. The fourth-order valence-electron chi connectivity index (χ4n) is 1.44. The molecule has 0 aromatic carbocycles. The summed E-state index contributed by atoms with van der Waals surface area (Å²) < 4.78 is 0. The molecule has 2 atom stereocenters. The third kappa shape index (κ3) is 1.36. The molecule has 0 unspecified atom stereocenters. The number of hydrogen-bond donors (Lipinski definition) is 1. The summed E-state index contributed by atoms with van der Waals surface area (Å²) in [4.78, 5) is 11.0. The van der Waals surface area contributed by atoms with Gasteiger partial charge in [0.1, 0.15) is 5.78 Å². The molecule has 1 aliphatic rings. The predicted octanol–water partition coefficient (Wildman–Crippen LogP) is 1.38. The lowest BCUT2D eigenvalue weighted by atomic mass is 10.1. The minimum absolute atomic E-state index is 0. The van der Waals surface area contributed by atoms with Crippen molar-refractivity contribution in [3.63, 3.8) is 0 Å². The third-order valence-corrected chi connectivity index (χ3v) is 2.37. The summed E-state index contributed by atoms with van der Waals surface area (Å²) in [6.45, 7) is 5.28. The second-order valence-corrected chi connectivity index (χ2v) is 2.82. The highest BCUT2D eigenvalue weighted by atomic mass is 16.1. The molecule has 64 valence electrons. The van der Waals surface area contributed by atoms with Crippen LogP contribution >= 0.6 is 0 Å². The van der Waals surface area contributed by atoms with Gasteiger partial charge in [0.15, 0.2) is 0 Å². The first-order valence-electron chi connectivity index (χ1n) is 3.50. The summed E-state index contributed by atoms with van der Waals surface area (Å²) in [6.07, 6.45) is 2.76. The number of rotatable bonds is 3. The molecular formula is C9H17NO. The molecule has 1 saturated carbocycles. The number of carbonyl (C=O) groups is 1. The van der Waals surface area contributed by atoms with E-state index < -0.39 is 0 Å². The van der Waals surface area contributed by atoms with Crippen LogP contribution in [0.1, 0.15) is 20.8 Å². The zero-order valence-electron chi connectivity index (χ0n) is 6.48. The van der Waals surface area contributed by atoms with Gasteiger partial charge in [-0.15, -0.1) is 6.58 Å². The van der Waals surface area contributed by atoms with Crippen LogP contribution in [-0.4, -0.2) is 18.4 Å². The van der Waals surface area contributed by atoms with E-state index in [0.717, 1.165) is 6.42 Å². The maximum Gasteiger partial charge on any atom is 0.150 e. The van der Waals surface area contributed by atoms with Gasteiger partial charge in [0.2, 0.25) is 0 Å². The summed E-state index contributed by atoms with van der Waals surface area (Å²) in [5.41, 5.74) is -0.248. The monoisotopic (exact) mass is 155 g/mol. The Balaban J connectivity index is 0.000001000. The van der Waals surface area contributed by atoms with Crippen LogP contribution in [0.4, 0.5) is 0 Å². The van der Waals surface area contributed by atoms with Gasteiger partial charge >= 0.3 is 0 Å². The molecule has 2 nitrogen and oxygen atoms in total. The largest absolute Gasteiger partial charge is 0.308 e. The van der Waals surface area contributed by atoms with E-state index >= 15 is 0 Å². The van der Waals surface area contributed by atoms with Gasteiger partial charge in [0.25, 0.3) is 0 Å². The molecule has 1 fully saturated rings. The summed E-state index contributed by atoms with van der Waals surface area (Å²) in [5, 5.41) is 3.03. The standard InChI is InChI=1S/C8H13NO.CH4/c1-4-7-5-8(7,9-3)6(2)10;/h4,7,9H,1,5H2,2-3H3;1H4/t7-,8+;/m1./s1. The highest BCUT2D eigenvalue weighted by Crippen LogP contribution is 2.44. The first-order valence-corrected chi connectivity index (χ1v) is 3.50. The Kier molecular flexibility index (Phi) is 3.00. The van der Waals surface area contributed by atoms with E-state index in [1.165, 1.54) is 0 Å². The van der Waals surface area contributed by atoms with Crippen LogP contribution < -0.4 is 5.32 Å². The highest BCUT2D eigenvalue weighted by Gasteiger charge is 2.55.